The van der Waals surface area contributed by atoms with Crippen LogP contribution in [0.3, 0.4) is 0 Å². The van der Waals surface area contributed by atoms with Crippen molar-refractivity contribution in [3.8, 4) is 5.75 Å². The van der Waals surface area contributed by atoms with Crippen molar-refractivity contribution in [2.24, 2.45) is 0 Å². The van der Waals surface area contributed by atoms with Gasteiger partial charge in [-0.15, -0.1) is 0 Å². The summed E-state index contributed by atoms with van der Waals surface area (Å²) in [5.41, 5.74) is 1.59. The Kier molecular flexibility index (Phi) is 2.87. The first kappa shape index (κ1) is 9.32. The van der Waals surface area contributed by atoms with E-state index in [2.05, 4.69) is 13.0 Å². The topological polar surface area (TPSA) is 9.23 Å². The van der Waals surface area contributed by atoms with E-state index in [1.807, 2.05) is 30.3 Å². The molecule has 0 saturated carbocycles. The number of benzene rings is 1. The van der Waals surface area contributed by atoms with E-state index < -0.39 is 0 Å². The third kappa shape index (κ3) is 2.91. The van der Waals surface area contributed by atoms with E-state index in [0.29, 0.717) is 6.10 Å². The molecule has 1 atom stereocenters. The second-order valence-electron chi connectivity index (χ2n) is 3.85. The van der Waals surface area contributed by atoms with E-state index in [9.17, 15) is 0 Å². The fourth-order valence-corrected chi connectivity index (χ4v) is 1.46. The maximum Gasteiger partial charge on any atom is 0.119 e. The summed E-state index contributed by atoms with van der Waals surface area (Å²) in [4.78, 5) is 0. The van der Waals surface area contributed by atoms with Crippen LogP contribution in [0, 0.1) is 0 Å². The molecule has 1 aromatic rings. The highest BCUT2D eigenvalue weighted by atomic mass is 16.5. The van der Waals surface area contributed by atoms with Gasteiger partial charge in [-0.05, 0) is 38.3 Å². The third-order valence-electron chi connectivity index (χ3n) is 2.45. The summed E-state index contributed by atoms with van der Waals surface area (Å²) in [6.45, 7) is 2.13. The number of hydrogen-bond donors (Lipinski definition) is 0. The van der Waals surface area contributed by atoms with Crippen molar-refractivity contribution in [3.63, 3.8) is 0 Å². The first-order valence-corrected chi connectivity index (χ1v) is 5.24. The summed E-state index contributed by atoms with van der Waals surface area (Å²) in [6, 6.07) is 10.0. The molecule has 1 aliphatic carbocycles. The van der Waals surface area contributed by atoms with E-state index in [0.717, 1.165) is 12.2 Å². The molecule has 0 bridgehead atoms. The van der Waals surface area contributed by atoms with Crippen LogP contribution in [-0.2, 0) is 0 Å². The van der Waals surface area contributed by atoms with Crippen LogP contribution in [0.15, 0.2) is 42.0 Å². The van der Waals surface area contributed by atoms with Gasteiger partial charge in [0.15, 0.2) is 0 Å². The van der Waals surface area contributed by atoms with Gasteiger partial charge in [0.1, 0.15) is 5.75 Å². The maximum absolute atomic E-state index is 5.77. The number of ether oxygens (including phenoxy) is 1. The van der Waals surface area contributed by atoms with Crippen LogP contribution in [0.4, 0.5) is 0 Å². The average Bonchev–Trinajstić information content (AvgIpc) is 3.00. The molecule has 0 N–H and O–H groups in total. The van der Waals surface area contributed by atoms with Gasteiger partial charge in [0.25, 0.3) is 0 Å². The SMILES string of the molecule is CC(CCC1=CC1)Oc1ccccc1. The molecule has 0 heterocycles. The van der Waals surface area contributed by atoms with Gasteiger partial charge in [0, 0.05) is 0 Å². The zero-order chi connectivity index (χ0) is 9.80. The Bertz CT molecular complexity index is 313. The summed E-state index contributed by atoms with van der Waals surface area (Å²) >= 11 is 0. The highest BCUT2D eigenvalue weighted by Crippen LogP contribution is 2.25. The van der Waals surface area contributed by atoms with Crippen LogP contribution in [-0.4, -0.2) is 6.10 Å². The fourth-order valence-electron chi connectivity index (χ4n) is 1.46. The van der Waals surface area contributed by atoms with Gasteiger partial charge in [0.2, 0.25) is 0 Å². The Labute approximate surface area is 85.4 Å². The molecular formula is C13H16O. The molecule has 1 heteroatoms. The van der Waals surface area contributed by atoms with E-state index >= 15 is 0 Å². The first-order chi connectivity index (χ1) is 6.84. The van der Waals surface area contributed by atoms with Crippen LogP contribution < -0.4 is 4.74 Å². The standard InChI is InChI=1S/C13H16O/c1-11(7-8-12-9-10-12)14-13-5-3-2-4-6-13/h2-6,9,11H,7-8,10H2,1H3. The molecule has 0 fully saturated rings. The molecule has 14 heavy (non-hydrogen) atoms. The van der Waals surface area contributed by atoms with Crippen molar-refractivity contribution < 1.29 is 4.74 Å². The Morgan fingerprint density at radius 1 is 1.29 bits per heavy atom. The van der Waals surface area contributed by atoms with Gasteiger partial charge >= 0.3 is 0 Å². The minimum absolute atomic E-state index is 0.318. The van der Waals surface area contributed by atoms with Crippen molar-refractivity contribution in [3.05, 3.63) is 42.0 Å². The minimum Gasteiger partial charge on any atom is -0.491 e. The van der Waals surface area contributed by atoms with Crippen LogP contribution >= 0.6 is 0 Å². The molecule has 2 rings (SSSR count). The average molecular weight is 188 g/mol. The Morgan fingerprint density at radius 2 is 2.00 bits per heavy atom. The molecule has 0 aliphatic heterocycles. The number of hydrogen-bond acceptors (Lipinski definition) is 1. The lowest BCUT2D eigenvalue weighted by Gasteiger charge is -2.13. The molecule has 0 saturated heterocycles. The molecular weight excluding hydrogens is 172 g/mol. The first-order valence-electron chi connectivity index (χ1n) is 5.24. The molecule has 1 nitrogen and oxygen atoms in total. The van der Waals surface area contributed by atoms with Crippen LogP contribution in [0.2, 0.25) is 0 Å². The van der Waals surface area contributed by atoms with E-state index in [1.54, 1.807) is 5.57 Å². The highest BCUT2D eigenvalue weighted by Gasteiger charge is 2.10. The maximum atomic E-state index is 5.77. The summed E-state index contributed by atoms with van der Waals surface area (Å²) < 4.78 is 5.77. The minimum atomic E-state index is 0.318. The van der Waals surface area contributed by atoms with Gasteiger partial charge in [-0.2, -0.15) is 0 Å². The van der Waals surface area contributed by atoms with Gasteiger partial charge in [-0.1, -0.05) is 29.8 Å². The molecule has 1 aliphatic rings. The van der Waals surface area contributed by atoms with Gasteiger partial charge in [-0.25, -0.2) is 0 Å². The largest absolute Gasteiger partial charge is 0.491 e. The van der Waals surface area contributed by atoms with Crippen molar-refractivity contribution in [2.75, 3.05) is 0 Å². The number of para-hydroxylation sites is 1. The van der Waals surface area contributed by atoms with E-state index in [1.165, 1.54) is 12.8 Å². The lowest BCUT2D eigenvalue weighted by molar-refractivity contribution is 0.211. The third-order valence-corrected chi connectivity index (χ3v) is 2.45. The van der Waals surface area contributed by atoms with Crippen molar-refractivity contribution >= 4 is 0 Å². The summed E-state index contributed by atoms with van der Waals surface area (Å²) in [5, 5.41) is 0. The molecule has 0 spiro atoms. The summed E-state index contributed by atoms with van der Waals surface area (Å²) in [5.74, 6) is 0.977. The monoisotopic (exact) mass is 188 g/mol. The molecule has 0 aromatic heterocycles. The zero-order valence-electron chi connectivity index (χ0n) is 8.57. The fraction of sp³-hybridized carbons (Fsp3) is 0.385. The molecule has 0 amide bonds. The Balaban J connectivity index is 1.75. The van der Waals surface area contributed by atoms with Crippen molar-refractivity contribution in [1.82, 2.24) is 0 Å². The lowest BCUT2D eigenvalue weighted by Crippen LogP contribution is -2.11. The van der Waals surface area contributed by atoms with Gasteiger partial charge in [0.05, 0.1) is 6.10 Å². The van der Waals surface area contributed by atoms with Crippen molar-refractivity contribution in [1.29, 1.82) is 0 Å². The summed E-state index contributed by atoms with van der Waals surface area (Å²) in [7, 11) is 0. The molecule has 1 aromatic carbocycles. The van der Waals surface area contributed by atoms with Crippen LogP contribution in [0.5, 0.6) is 5.75 Å². The second kappa shape index (κ2) is 4.32. The van der Waals surface area contributed by atoms with E-state index in [4.69, 9.17) is 4.74 Å². The highest BCUT2D eigenvalue weighted by molar-refractivity contribution is 5.22. The Morgan fingerprint density at radius 3 is 2.64 bits per heavy atom. The van der Waals surface area contributed by atoms with Gasteiger partial charge < -0.3 is 4.74 Å². The predicted octanol–water partition coefficient (Wildman–Crippen LogP) is 3.56. The number of allylic oxidation sites excluding steroid dienone is 2. The molecule has 74 valence electrons. The van der Waals surface area contributed by atoms with Crippen molar-refractivity contribution in [2.45, 2.75) is 32.3 Å². The molecule has 1 unspecified atom stereocenters. The number of rotatable bonds is 5. The second-order valence-corrected chi connectivity index (χ2v) is 3.85. The lowest BCUT2D eigenvalue weighted by atomic mass is 10.2. The van der Waals surface area contributed by atoms with Gasteiger partial charge in [-0.3, -0.25) is 0 Å². The molecule has 0 radical (unpaired) electrons. The van der Waals surface area contributed by atoms with Crippen LogP contribution in [0.1, 0.15) is 26.2 Å². The summed E-state index contributed by atoms with van der Waals surface area (Å²) in [6.07, 6.45) is 6.17. The Hall–Kier alpha value is -1.24. The van der Waals surface area contributed by atoms with E-state index in [-0.39, 0.29) is 0 Å². The zero-order valence-corrected chi connectivity index (χ0v) is 8.57. The predicted molar refractivity (Wildman–Crippen MR) is 58.5 cm³/mol. The smallest absolute Gasteiger partial charge is 0.119 e. The normalized spacial score (nSPS) is 15.9. The quantitative estimate of drug-likeness (QED) is 0.642. The van der Waals surface area contributed by atoms with Crippen LogP contribution in [0.25, 0.3) is 0 Å².